The number of hydrogen-bond donors (Lipinski definition) is 0. The van der Waals surface area contributed by atoms with Crippen molar-refractivity contribution in [3.63, 3.8) is 0 Å². The van der Waals surface area contributed by atoms with Crippen molar-refractivity contribution in [2.24, 2.45) is 0 Å². The van der Waals surface area contributed by atoms with Gasteiger partial charge >= 0.3 is 0 Å². The van der Waals surface area contributed by atoms with Gasteiger partial charge in [-0.25, -0.2) is 0 Å². The zero-order chi connectivity index (χ0) is 5.56. The first-order valence-electron chi connectivity index (χ1n) is 3.21. The first-order valence-corrected chi connectivity index (χ1v) is 4.26. The average Bonchev–Trinajstić information content (AvgIpc) is 2.29. The van der Waals surface area contributed by atoms with Crippen molar-refractivity contribution in [1.29, 1.82) is 0 Å². The highest BCUT2D eigenvalue weighted by atomic mass is 32.2. The van der Waals surface area contributed by atoms with Gasteiger partial charge in [0.25, 0.3) is 0 Å². The summed E-state index contributed by atoms with van der Waals surface area (Å²) in [7, 11) is 2.25. The van der Waals surface area contributed by atoms with E-state index in [9.17, 15) is 0 Å². The molecule has 0 spiro atoms. The van der Waals surface area contributed by atoms with Crippen LogP contribution in [0.5, 0.6) is 0 Å². The van der Waals surface area contributed by atoms with Crippen LogP contribution in [0, 0.1) is 0 Å². The SMILES string of the molecule is CN1C2CCC1SC2. The highest BCUT2D eigenvalue weighted by molar-refractivity contribution is 8.00. The normalized spacial score (nSPS) is 46.1. The van der Waals surface area contributed by atoms with E-state index in [0.29, 0.717) is 0 Å². The Bertz CT molecular complexity index is 84.7. The van der Waals surface area contributed by atoms with Gasteiger partial charge in [0.1, 0.15) is 0 Å². The van der Waals surface area contributed by atoms with Crippen LogP contribution in [0.25, 0.3) is 0 Å². The summed E-state index contributed by atoms with van der Waals surface area (Å²) in [6, 6.07) is 0.935. The fourth-order valence-corrected chi connectivity index (χ4v) is 3.16. The number of fused-ring (bicyclic) bond motifs is 2. The molecule has 0 aromatic rings. The number of hydrogen-bond acceptors (Lipinski definition) is 2. The maximum atomic E-state index is 2.52. The Morgan fingerprint density at radius 2 is 2.38 bits per heavy atom. The Morgan fingerprint density at radius 1 is 1.50 bits per heavy atom. The van der Waals surface area contributed by atoms with Gasteiger partial charge in [-0.1, -0.05) is 0 Å². The summed E-state index contributed by atoms with van der Waals surface area (Å²) < 4.78 is 0. The van der Waals surface area contributed by atoms with Crippen LogP contribution in [0.1, 0.15) is 12.8 Å². The molecule has 8 heavy (non-hydrogen) atoms. The van der Waals surface area contributed by atoms with E-state index in [1.807, 2.05) is 0 Å². The molecular weight excluding hydrogens is 118 g/mol. The Balaban J connectivity index is 2.16. The summed E-state index contributed by atoms with van der Waals surface area (Å²) in [6.07, 6.45) is 2.89. The Kier molecular flexibility index (Phi) is 1.05. The first-order chi connectivity index (χ1) is 3.88. The first kappa shape index (κ1) is 5.12. The van der Waals surface area contributed by atoms with Gasteiger partial charge in [-0.3, -0.25) is 4.90 Å². The van der Waals surface area contributed by atoms with Crippen molar-refractivity contribution in [2.45, 2.75) is 24.3 Å². The third-order valence-corrected chi connectivity index (χ3v) is 3.79. The zero-order valence-corrected chi connectivity index (χ0v) is 5.95. The summed E-state index contributed by atoms with van der Waals surface area (Å²) in [5, 5.41) is 0.889. The molecule has 2 atom stereocenters. The summed E-state index contributed by atoms with van der Waals surface area (Å²) in [6.45, 7) is 0. The van der Waals surface area contributed by atoms with Gasteiger partial charge in [-0.2, -0.15) is 0 Å². The lowest BCUT2D eigenvalue weighted by Gasteiger charge is -2.11. The summed E-state index contributed by atoms with van der Waals surface area (Å²) >= 11 is 2.13. The van der Waals surface area contributed by atoms with Crippen LogP contribution in [0.4, 0.5) is 0 Å². The zero-order valence-electron chi connectivity index (χ0n) is 5.13. The largest absolute Gasteiger partial charge is 0.291 e. The molecule has 2 heteroatoms. The molecule has 0 N–H and O–H groups in total. The fourth-order valence-electron chi connectivity index (χ4n) is 1.60. The van der Waals surface area contributed by atoms with E-state index in [-0.39, 0.29) is 0 Å². The summed E-state index contributed by atoms with van der Waals surface area (Å²) in [4.78, 5) is 2.52. The molecule has 0 saturated carbocycles. The van der Waals surface area contributed by atoms with Gasteiger partial charge in [0.15, 0.2) is 0 Å². The average molecular weight is 129 g/mol. The minimum Gasteiger partial charge on any atom is -0.291 e. The lowest BCUT2D eigenvalue weighted by molar-refractivity contribution is 0.335. The topological polar surface area (TPSA) is 3.24 Å². The minimum atomic E-state index is 0.889. The molecule has 2 saturated heterocycles. The van der Waals surface area contributed by atoms with Crippen molar-refractivity contribution in [3.05, 3.63) is 0 Å². The van der Waals surface area contributed by atoms with Gasteiger partial charge in [-0.05, 0) is 19.9 Å². The van der Waals surface area contributed by atoms with Crippen LogP contribution in [-0.2, 0) is 0 Å². The van der Waals surface area contributed by atoms with Gasteiger partial charge in [0.05, 0.1) is 5.37 Å². The van der Waals surface area contributed by atoms with E-state index in [1.165, 1.54) is 18.6 Å². The van der Waals surface area contributed by atoms with Gasteiger partial charge in [0.2, 0.25) is 0 Å². The highest BCUT2D eigenvalue weighted by Gasteiger charge is 2.36. The molecule has 2 rings (SSSR count). The minimum absolute atomic E-state index is 0.889. The smallest absolute Gasteiger partial charge is 0.0558 e. The lowest BCUT2D eigenvalue weighted by atomic mass is 10.2. The maximum absolute atomic E-state index is 2.52. The molecule has 2 unspecified atom stereocenters. The van der Waals surface area contributed by atoms with Crippen molar-refractivity contribution < 1.29 is 0 Å². The highest BCUT2D eigenvalue weighted by Crippen LogP contribution is 2.39. The van der Waals surface area contributed by atoms with E-state index in [2.05, 4.69) is 23.7 Å². The quantitative estimate of drug-likeness (QED) is 0.483. The van der Waals surface area contributed by atoms with Crippen LogP contribution in [0.15, 0.2) is 0 Å². The maximum Gasteiger partial charge on any atom is 0.0558 e. The molecule has 1 nitrogen and oxygen atoms in total. The third kappa shape index (κ3) is 0.531. The second kappa shape index (κ2) is 1.64. The number of rotatable bonds is 0. The summed E-state index contributed by atoms with van der Waals surface area (Å²) in [5.74, 6) is 1.39. The summed E-state index contributed by atoms with van der Waals surface area (Å²) in [5.41, 5.74) is 0. The molecule has 0 radical (unpaired) electrons. The lowest BCUT2D eigenvalue weighted by Crippen LogP contribution is -2.23. The van der Waals surface area contributed by atoms with E-state index in [4.69, 9.17) is 0 Å². The number of thioether (sulfide) groups is 1. The van der Waals surface area contributed by atoms with E-state index in [1.54, 1.807) is 0 Å². The van der Waals surface area contributed by atoms with Crippen molar-refractivity contribution >= 4 is 11.8 Å². The van der Waals surface area contributed by atoms with Crippen LogP contribution in [-0.4, -0.2) is 29.1 Å². The molecular formula is C6H11NS. The second-order valence-corrected chi connectivity index (χ2v) is 3.90. The molecule has 2 bridgehead atoms. The molecule has 0 aromatic heterocycles. The van der Waals surface area contributed by atoms with Crippen molar-refractivity contribution in [3.8, 4) is 0 Å². The Hall–Kier alpha value is 0.310. The van der Waals surface area contributed by atoms with Gasteiger partial charge < -0.3 is 0 Å². The molecule has 0 aromatic carbocycles. The molecule has 2 aliphatic rings. The molecule has 2 aliphatic heterocycles. The van der Waals surface area contributed by atoms with Crippen LogP contribution in [0.2, 0.25) is 0 Å². The molecule has 0 aliphatic carbocycles. The van der Waals surface area contributed by atoms with Gasteiger partial charge in [-0.15, -0.1) is 11.8 Å². The van der Waals surface area contributed by atoms with Crippen LogP contribution >= 0.6 is 11.8 Å². The molecule has 2 heterocycles. The Morgan fingerprint density at radius 3 is 2.50 bits per heavy atom. The van der Waals surface area contributed by atoms with E-state index in [0.717, 1.165) is 11.4 Å². The fraction of sp³-hybridized carbons (Fsp3) is 1.00. The predicted molar refractivity (Wildman–Crippen MR) is 37.0 cm³/mol. The molecule has 0 amide bonds. The molecule has 2 fully saturated rings. The molecule has 46 valence electrons. The van der Waals surface area contributed by atoms with E-state index < -0.39 is 0 Å². The third-order valence-electron chi connectivity index (χ3n) is 2.26. The van der Waals surface area contributed by atoms with Crippen molar-refractivity contribution in [1.82, 2.24) is 4.90 Å². The monoisotopic (exact) mass is 129 g/mol. The number of nitrogens with zero attached hydrogens (tertiary/aromatic N) is 1. The van der Waals surface area contributed by atoms with Crippen molar-refractivity contribution in [2.75, 3.05) is 12.8 Å². The van der Waals surface area contributed by atoms with Crippen LogP contribution in [0.3, 0.4) is 0 Å². The Labute approximate surface area is 54.4 Å². The van der Waals surface area contributed by atoms with Gasteiger partial charge in [0, 0.05) is 11.8 Å². The standard InChI is InChI=1S/C6H11NS/c1-7-5-2-3-6(7)8-4-5/h5-6H,2-4H2,1H3. The van der Waals surface area contributed by atoms with Crippen LogP contribution < -0.4 is 0 Å². The second-order valence-electron chi connectivity index (χ2n) is 2.68. The predicted octanol–water partition coefficient (Wildman–Crippen LogP) is 1.15. The van der Waals surface area contributed by atoms with E-state index >= 15 is 0 Å².